The van der Waals surface area contributed by atoms with Crippen molar-refractivity contribution in [3.05, 3.63) is 88.6 Å². The van der Waals surface area contributed by atoms with Crippen LogP contribution in [0.25, 0.3) is 0 Å². The number of anilines is 2. The van der Waals surface area contributed by atoms with Gasteiger partial charge in [-0.3, -0.25) is 4.79 Å². The first-order chi connectivity index (χ1) is 13.6. The first kappa shape index (κ1) is 19.4. The Kier molecular flexibility index (Phi) is 6.24. The number of esters is 1. The van der Waals surface area contributed by atoms with Crippen LogP contribution >= 0.6 is 11.6 Å². The van der Waals surface area contributed by atoms with E-state index in [4.69, 9.17) is 16.3 Å². The fourth-order valence-corrected chi connectivity index (χ4v) is 2.74. The first-order valence-electron chi connectivity index (χ1n) is 8.50. The van der Waals surface area contributed by atoms with Crippen molar-refractivity contribution in [3.8, 4) is 0 Å². The normalized spacial score (nSPS) is 10.2. The topological polar surface area (TPSA) is 80.3 Å². The number of carbonyl (C=O) groups excluding carboxylic acids is 2. The molecule has 0 aliphatic rings. The van der Waals surface area contributed by atoms with Gasteiger partial charge in [0.15, 0.2) is 0 Å². The molecule has 2 N–H and O–H groups in total. The predicted octanol–water partition coefficient (Wildman–Crippen LogP) is 4.20. The molecule has 0 saturated carbocycles. The zero-order valence-corrected chi connectivity index (χ0v) is 15.9. The summed E-state index contributed by atoms with van der Waals surface area (Å²) in [6, 6.07) is 17.6. The van der Waals surface area contributed by atoms with Gasteiger partial charge in [-0.25, -0.2) is 9.78 Å². The van der Waals surface area contributed by atoms with Gasteiger partial charge >= 0.3 is 5.97 Å². The highest BCUT2D eigenvalue weighted by atomic mass is 35.5. The van der Waals surface area contributed by atoms with Crippen LogP contribution in [0.3, 0.4) is 0 Å². The van der Waals surface area contributed by atoms with Crippen molar-refractivity contribution in [2.75, 3.05) is 12.4 Å². The number of pyridine rings is 1. The van der Waals surface area contributed by atoms with E-state index in [0.717, 1.165) is 5.56 Å². The van der Waals surface area contributed by atoms with Crippen LogP contribution in [0.4, 0.5) is 11.5 Å². The summed E-state index contributed by atoms with van der Waals surface area (Å²) in [5, 5.41) is 6.47. The maximum Gasteiger partial charge on any atom is 0.339 e. The minimum atomic E-state index is -0.446. The van der Waals surface area contributed by atoms with Crippen LogP contribution in [-0.2, 0) is 11.3 Å². The Morgan fingerprint density at radius 1 is 1.04 bits per heavy atom. The first-order valence-corrected chi connectivity index (χ1v) is 8.88. The standard InChI is InChI=1S/C21H18ClN3O3/c1-28-21(27)16-7-3-5-9-18(16)25-19-11-10-15(13-23-19)20(26)24-12-14-6-2-4-8-17(14)22/h2-11,13H,12H2,1H3,(H,23,25)(H,24,26). The number of para-hydroxylation sites is 1. The van der Waals surface area contributed by atoms with Crippen molar-refractivity contribution >= 4 is 35.0 Å². The second kappa shape index (κ2) is 9.01. The molecule has 7 heteroatoms. The second-order valence-electron chi connectivity index (χ2n) is 5.87. The summed E-state index contributed by atoms with van der Waals surface area (Å²) in [6.45, 7) is 0.324. The van der Waals surface area contributed by atoms with Crippen molar-refractivity contribution in [2.45, 2.75) is 6.54 Å². The number of hydrogen-bond donors (Lipinski definition) is 2. The largest absolute Gasteiger partial charge is 0.465 e. The molecule has 0 unspecified atom stereocenters. The number of hydrogen-bond acceptors (Lipinski definition) is 5. The maximum absolute atomic E-state index is 12.3. The molecule has 2 aromatic carbocycles. The lowest BCUT2D eigenvalue weighted by Crippen LogP contribution is -2.23. The van der Waals surface area contributed by atoms with Gasteiger partial charge in [-0.2, -0.15) is 0 Å². The molecule has 6 nitrogen and oxygen atoms in total. The summed E-state index contributed by atoms with van der Waals surface area (Å²) in [5.41, 5.74) is 2.22. The van der Waals surface area contributed by atoms with Gasteiger partial charge in [-0.05, 0) is 35.9 Å². The molecule has 0 atom stereocenters. The van der Waals surface area contributed by atoms with E-state index in [9.17, 15) is 9.59 Å². The molecule has 0 saturated heterocycles. The quantitative estimate of drug-likeness (QED) is 0.611. The Hall–Kier alpha value is -3.38. The number of rotatable bonds is 6. The van der Waals surface area contributed by atoms with Crippen LogP contribution < -0.4 is 10.6 Å². The van der Waals surface area contributed by atoms with Crippen LogP contribution in [0, 0.1) is 0 Å². The van der Waals surface area contributed by atoms with Crippen molar-refractivity contribution < 1.29 is 14.3 Å². The molecule has 1 aromatic heterocycles. The highest BCUT2D eigenvalue weighted by Gasteiger charge is 2.12. The third-order valence-corrected chi connectivity index (χ3v) is 4.39. The average molecular weight is 396 g/mol. The zero-order valence-electron chi connectivity index (χ0n) is 15.1. The van der Waals surface area contributed by atoms with Gasteiger partial charge in [-0.1, -0.05) is 41.9 Å². The summed E-state index contributed by atoms with van der Waals surface area (Å²) >= 11 is 6.09. The number of amides is 1. The molecule has 3 aromatic rings. The van der Waals surface area contributed by atoms with Gasteiger partial charge in [0.2, 0.25) is 0 Å². The van der Waals surface area contributed by atoms with Gasteiger partial charge in [0.25, 0.3) is 5.91 Å². The highest BCUT2D eigenvalue weighted by Crippen LogP contribution is 2.20. The summed E-state index contributed by atoms with van der Waals surface area (Å²) in [5.74, 6) is -0.202. The number of ether oxygens (including phenoxy) is 1. The van der Waals surface area contributed by atoms with E-state index in [0.29, 0.717) is 34.2 Å². The smallest absolute Gasteiger partial charge is 0.339 e. The predicted molar refractivity (Wildman–Crippen MR) is 108 cm³/mol. The lowest BCUT2D eigenvalue weighted by molar-refractivity contribution is 0.0601. The van der Waals surface area contributed by atoms with Crippen molar-refractivity contribution in [2.24, 2.45) is 0 Å². The molecule has 1 amide bonds. The number of aromatic nitrogens is 1. The minimum absolute atomic E-state index is 0.256. The Balaban J connectivity index is 1.66. The Labute approximate surface area is 167 Å². The number of nitrogens with zero attached hydrogens (tertiary/aromatic N) is 1. The van der Waals surface area contributed by atoms with Gasteiger partial charge in [-0.15, -0.1) is 0 Å². The zero-order chi connectivity index (χ0) is 19.9. The van der Waals surface area contributed by atoms with E-state index < -0.39 is 5.97 Å². The number of halogens is 1. The molecule has 0 aliphatic carbocycles. The lowest BCUT2D eigenvalue weighted by atomic mass is 10.1. The molecule has 1 heterocycles. The molecule has 0 fully saturated rings. The number of carbonyl (C=O) groups is 2. The molecule has 3 rings (SSSR count). The van der Waals surface area contributed by atoms with Gasteiger partial charge in [0, 0.05) is 17.8 Å². The highest BCUT2D eigenvalue weighted by molar-refractivity contribution is 6.31. The van der Waals surface area contributed by atoms with Gasteiger partial charge in [0.05, 0.1) is 23.9 Å². The maximum atomic E-state index is 12.3. The van der Waals surface area contributed by atoms with E-state index in [2.05, 4.69) is 15.6 Å². The van der Waals surface area contributed by atoms with E-state index in [1.165, 1.54) is 13.3 Å². The summed E-state index contributed by atoms with van der Waals surface area (Å²) in [6.07, 6.45) is 1.46. The fourth-order valence-electron chi connectivity index (χ4n) is 2.54. The molecule has 28 heavy (non-hydrogen) atoms. The van der Waals surface area contributed by atoms with E-state index >= 15 is 0 Å². The molecule has 0 bridgehead atoms. The van der Waals surface area contributed by atoms with Crippen LogP contribution in [0.2, 0.25) is 5.02 Å². The Bertz CT molecular complexity index is 990. The Morgan fingerprint density at radius 3 is 2.50 bits per heavy atom. The van der Waals surface area contributed by atoms with Gasteiger partial charge < -0.3 is 15.4 Å². The fraction of sp³-hybridized carbons (Fsp3) is 0.0952. The lowest BCUT2D eigenvalue weighted by Gasteiger charge is -2.11. The van der Waals surface area contributed by atoms with E-state index in [-0.39, 0.29) is 5.91 Å². The molecule has 0 radical (unpaired) electrons. The van der Waals surface area contributed by atoms with Crippen LogP contribution in [0.15, 0.2) is 66.9 Å². The van der Waals surface area contributed by atoms with Crippen molar-refractivity contribution in [3.63, 3.8) is 0 Å². The molecular weight excluding hydrogens is 378 g/mol. The molecular formula is C21H18ClN3O3. The van der Waals surface area contributed by atoms with Gasteiger partial charge in [0.1, 0.15) is 5.82 Å². The Morgan fingerprint density at radius 2 is 1.79 bits per heavy atom. The summed E-state index contributed by atoms with van der Waals surface area (Å²) in [7, 11) is 1.33. The second-order valence-corrected chi connectivity index (χ2v) is 6.28. The summed E-state index contributed by atoms with van der Waals surface area (Å²) in [4.78, 5) is 28.4. The third kappa shape index (κ3) is 4.66. The van der Waals surface area contributed by atoms with E-state index in [1.54, 1.807) is 42.5 Å². The van der Waals surface area contributed by atoms with E-state index in [1.807, 2.05) is 18.2 Å². The van der Waals surface area contributed by atoms with Crippen molar-refractivity contribution in [1.82, 2.24) is 10.3 Å². The van der Waals surface area contributed by atoms with Crippen LogP contribution in [0.1, 0.15) is 26.3 Å². The SMILES string of the molecule is COC(=O)c1ccccc1Nc1ccc(C(=O)NCc2ccccc2Cl)cn1. The molecule has 0 spiro atoms. The average Bonchev–Trinajstić information content (AvgIpc) is 2.73. The van der Waals surface area contributed by atoms with Crippen LogP contribution in [0.5, 0.6) is 0 Å². The number of nitrogens with one attached hydrogen (secondary N) is 2. The monoisotopic (exact) mass is 395 g/mol. The summed E-state index contributed by atoms with van der Waals surface area (Å²) < 4.78 is 4.78. The number of methoxy groups -OCH3 is 1. The third-order valence-electron chi connectivity index (χ3n) is 4.02. The molecule has 142 valence electrons. The van der Waals surface area contributed by atoms with Crippen molar-refractivity contribution in [1.29, 1.82) is 0 Å². The minimum Gasteiger partial charge on any atom is -0.465 e. The molecule has 0 aliphatic heterocycles. The van der Waals surface area contributed by atoms with Crippen LogP contribution in [-0.4, -0.2) is 24.0 Å². The number of benzene rings is 2.